The zero-order chi connectivity index (χ0) is 7.90. The summed E-state index contributed by atoms with van der Waals surface area (Å²) in [4.78, 5) is 0. The highest BCUT2D eigenvalue weighted by Crippen LogP contribution is 2.54. The summed E-state index contributed by atoms with van der Waals surface area (Å²) >= 11 is 0. The van der Waals surface area contributed by atoms with E-state index in [0.717, 1.165) is 5.92 Å². The Balaban J connectivity index is 1.95. The van der Waals surface area contributed by atoms with Crippen molar-refractivity contribution in [3.05, 3.63) is 0 Å². The third-order valence-electron chi connectivity index (χ3n) is 3.76. The van der Waals surface area contributed by atoms with Crippen LogP contribution in [-0.4, -0.2) is 6.04 Å². The van der Waals surface area contributed by atoms with Crippen LogP contribution in [0.5, 0.6) is 0 Å². The average molecular weight is 153 g/mol. The van der Waals surface area contributed by atoms with Gasteiger partial charge in [0.2, 0.25) is 0 Å². The normalized spacial score (nSPS) is 50.7. The van der Waals surface area contributed by atoms with Crippen molar-refractivity contribution < 1.29 is 0 Å². The second-order valence-corrected chi connectivity index (χ2v) is 4.71. The Morgan fingerprint density at radius 3 is 2.64 bits per heavy atom. The molecule has 0 aliphatic heterocycles. The quantitative estimate of drug-likeness (QED) is 0.568. The molecule has 2 aliphatic carbocycles. The highest BCUT2D eigenvalue weighted by molar-refractivity contribution is 5.06. The molecule has 2 saturated carbocycles. The summed E-state index contributed by atoms with van der Waals surface area (Å²) < 4.78 is 0. The van der Waals surface area contributed by atoms with Gasteiger partial charge >= 0.3 is 0 Å². The van der Waals surface area contributed by atoms with E-state index in [1.165, 1.54) is 38.5 Å². The van der Waals surface area contributed by atoms with Crippen molar-refractivity contribution in [3.8, 4) is 0 Å². The Hall–Kier alpha value is -0.0400. The first-order valence-corrected chi connectivity index (χ1v) is 4.98. The van der Waals surface area contributed by atoms with Crippen molar-refractivity contribution in [3.63, 3.8) is 0 Å². The molecule has 1 heteroatoms. The van der Waals surface area contributed by atoms with Gasteiger partial charge in [-0.2, -0.15) is 0 Å². The van der Waals surface area contributed by atoms with E-state index in [0.29, 0.717) is 11.5 Å². The molecule has 2 fully saturated rings. The molecular weight excluding hydrogens is 134 g/mol. The molecule has 1 nitrogen and oxygen atoms in total. The van der Waals surface area contributed by atoms with E-state index < -0.39 is 0 Å². The molecule has 11 heavy (non-hydrogen) atoms. The standard InChI is InChI=1S/C10H19N/c1-8-3-2-5-10(6-4-8)7-9(10)11/h8-9H,2-7,11H2,1H3. The summed E-state index contributed by atoms with van der Waals surface area (Å²) in [5.74, 6) is 0.960. The zero-order valence-electron chi connectivity index (χ0n) is 7.47. The predicted molar refractivity (Wildman–Crippen MR) is 47.3 cm³/mol. The summed E-state index contributed by atoms with van der Waals surface area (Å²) in [5, 5.41) is 0. The molecule has 0 aromatic heterocycles. The van der Waals surface area contributed by atoms with Gasteiger partial charge in [0.1, 0.15) is 0 Å². The lowest BCUT2D eigenvalue weighted by Crippen LogP contribution is -2.13. The lowest BCUT2D eigenvalue weighted by Gasteiger charge is -2.11. The SMILES string of the molecule is CC1CCCC2(CC1)CC2N. The number of nitrogens with two attached hydrogens (primary N) is 1. The first kappa shape index (κ1) is 7.60. The molecule has 0 aromatic rings. The first-order chi connectivity index (χ1) is 5.23. The summed E-state index contributed by atoms with van der Waals surface area (Å²) in [6.45, 7) is 2.38. The van der Waals surface area contributed by atoms with E-state index in [2.05, 4.69) is 6.92 Å². The second-order valence-electron chi connectivity index (χ2n) is 4.71. The van der Waals surface area contributed by atoms with Gasteiger partial charge in [-0.3, -0.25) is 0 Å². The van der Waals surface area contributed by atoms with E-state index in [4.69, 9.17) is 5.73 Å². The lowest BCUT2D eigenvalue weighted by molar-refractivity contribution is 0.412. The van der Waals surface area contributed by atoms with Gasteiger partial charge in [0.05, 0.1) is 0 Å². The van der Waals surface area contributed by atoms with Crippen LogP contribution < -0.4 is 5.73 Å². The Morgan fingerprint density at radius 1 is 1.27 bits per heavy atom. The second kappa shape index (κ2) is 2.48. The molecule has 3 unspecified atom stereocenters. The molecule has 2 aliphatic rings. The van der Waals surface area contributed by atoms with Crippen LogP contribution in [0.3, 0.4) is 0 Å². The van der Waals surface area contributed by atoms with Crippen LogP contribution in [0.25, 0.3) is 0 Å². The number of rotatable bonds is 0. The summed E-state index contributed by atoms with van der Waals surface area (Å²) in [6, 6.07) is 0.563. The Labute approximate surface area is 69.4 Å². The van der Waals surface area contributed by atoms with E-state index >= 15 is 0 Å². The van der Waals surface area contributed by atoms with Gasteiger partial charge in [0.15, 0.2) is 0 Å². The molecule has 0 radical (unpaired) electrons. The van der Waals surface area contributed by atoms with Gasteiger partial charge in [0, 0.05) is 6.04 Å². The Bertz CT molecular complexity index is 153. The molecule has 64 valence electrons. The van der Waals surface area contributed by atoms with E-state index in [1.807, 2.05) is 0 Å². The molecule has 2 N–H and O–H groups in total. The topological polar surface area (TPSA) is 26.0 Å². The Morgan fingerprint density at radius 2 is 2.00 bits per heavy atom. The fourth-order valence-electron chi connectivity index (χ4n) is 2.56. The zero-order valence-corrected chi connectivity index (χ0v) is 7.47. The monoisotopic (exact) mass is 153 g/mol. The molecule has 0 heterocycles. The first-order valence-electron chi connectivity index (χ1n) is 4.98. The van der Waals surface area contributed by atoms with Crippen LogP contribution in [0.4, 0.5) is 0 Å². The van der Waals surface area contributed by atoms with E-state index in [9.17, 15) is 0 Å². The summed E-state index contributed by atoms with van der Waals surface area (Å²) in [6.07, 6.45) is 8.44. The minimum absolute atomic E-state index is 0.563. The molecule has 0 aromatic carbocycles. The molecule has 3 atom stereocenters. The minimum atomic E-state index is 0.563. The van der Waals surface area contributed by atoms with Crippen molar-refractivity contribution in [2.24, 2.45) is 17.1 Å². The largest absolute Gasteiger partial charge is 0.327 e. The van der Waals surface area contributed by atoms with Gasteiger partial charge in [-0.15, -0.1) is 0 Å². The van der Waals surface area contributed by atoms with E-state index in [1.54, 1.807) is 0 Å². The smallest absolute Gasteiger partial charge is 0.0102 e. The number of hydrogen-bond acceptors (Lipinski definition) is 1. The lowest BCUT2D eigenvalue weighted by atomic mass is 9.95. The average Bonchev–Trinajstić information content (AvgIpc) is 2.62. The van der Waals surface area contributed by atoms with Crippen molar-refractivity contribution in [1.82, 2.24) is 0 Å². The van der Waals surface area contributed by atoms with Crippen molar-refractivity contribution in [2.75, 3.05) is 0 Å². The van der Waals surface area contributed by atoms with Gasteiger partial charge in [0.25, 0.3) is 0 Å². The molecule has 2 rings (SSSR count). The molecule has 0 saturated heterocycles. The van der Waals surface area contributed by atoms with Gasteiger partial charge in [-0.05, 0) is 30.6 Å². The van der Waals surface area contributed by atoms with Crippen molar-refractivity contribution >= 4 is 0 Å². The van der Waals surface area contributed by atoms with Crippen LogP contribution in [0.2, 0.25) is 0 Å². The maximum absolute atomic E-state index is 5.95. The van der Waals surface area contributed by atoms with Gasteiger partial charge < -0.3 is 5.73 Å². The predicted octanol–water partition coefficient (Wildman–Crippen LogP) is 2.30. The maximum Gasteiger partial charge on any atom is 0.0102 e. The van der Waals surface area contributed by atoms with Gasteiger partial charge in [-0.25, -0.2) is 0 Å². The third kappa shape index (κ3) is 1.31. The highest BCUT2D eigenvalue weighted by Gasteiger charge is 2.51. The molecule has 0 bridgehead atoms. The van der Waals surface area contributed by atoms with Crippen molar-refractivity contribution in [1.29, 1.82) is 0 Å². The van der Waals surface area contributed by atoms with Crippen molar-refractivity contribution in [2.45, 2.75) is 51.5 Å². The van der Waals surface area contributed by atoms with Crippen LogP contribution in [0, 0.1) is 11.3 Å². The van der Waals surface area contributed by atoms with Crippen LogP contribution in [0.15, 0.2) is 0 Å². The molecule has 0 amide bonds. The highest BCUT2D eigenvalue weighted by atomic mass is 14.8. The Kier molecular flexibility index (Phi) is 1.71. The summed E-state index contributed by atoms with van der Waals surface area (Å²) in [7, 11) is 0. The third-order valence-corrected chi connectivity index (χ3v) is 3.76. The molecular formula is C10H19N. The number of hydrogen-bond donors (Lipinski definition) is 1. The minimum Gasteiger partial charge on any atom is -0.327 e. The summed E-state index contributed by atoms with van der Waals surface area (Å²) in [5.41, 5.74) is 6.58. The maximum atomic E-state index is 5.95. The van der Waals surface area contributed by atoms with Gasteiger partial charge in [-0.1, -0.05) is 26.2 Å². The fraction of sp³-hybridized carbons (Fsp3) is 1.00. The van der Waals surface area contributed by atoms with Crippen LogP contribution in [0.1, 0.15) is 45.4 Å². The van der Waals surface area contributed by atoms with Crippen LogP contribution >= 0.6 is 0 Å². The van der Waals surface area contributed by atoms with Crippen LogP contribution in [-0.2, 0) is 0 Å². The fourth-order valence-corrected chi connectivity index (χ4v) is 2.56. The van der Waals surface area contributed by atoms with E-state index in [-0.39, 0.29) is 0 Å². The molecule has 1 spiro atoms.